The lowest BCUT2D eigenvalue weighted by atomic mass is 10.0. The van der Waals surface area contributed by atoms with E-state index in [0.717, 1.165) is 36.4 Å². The van der Waals surface area contributed by atoms with Crippen molar-refractivity contribution in [1.29, 1.82) is 0 Å². The van der Waals surface area contributed by atoms with E-state index in [2.05, 4.69) is 15.0 Å². The van der Waals surface area contributed by atoms with Crippen LogP contribution >= 0.6 is 22.9 Å². The van der Waals surface area contributed by atoms with Crippen molar-refractivity contribution in [2.45, 2.75) is 18.9 Å². The van der Waals surface area contributed by atoms with Gasteiger partial charge in [-0.1, -0.05) is 35.1 Å². The summed E-state index contributed by atoms with van der Waals surface area (Å²) < 4.78 is 6.86. The van der Waals surface area contributed by atoms with Gasteiger partial charge in [-0.15, -0.1) is 5.10 Å². The van der Waals surface area contributed by atoms with Gasteiger partial charge in [0.25, 0.3) is 0 Å². The van der Waals surface area contributed by atoms with Gasteiger partial charge in [0.1, 0.15) is 0 Å². The van der Waals surface area contributed by atoms with Gasteiger partial charge in [-0.3, -0.25) is 4.90 Å². The maximum Gasteiger partial charge on any atom is 0.230 e. The minimum absolute atomic E-state index is 0.0367. The van der Waals surface area contributed by atoms with E-state index in [0.29, 0.717) is 21.6 Å². The monoisotopic (exact) mass is 400 g/mol. The van der Waals surface area contributed by atoms with Gasteiger partial charge in [0, 0.05) is 5.02 Å². The van der Waals surface area contributed by atoms with Gasteiger partial charge in [0.2, 0.25) is 16.7 Å². The van der Waals surface area contributed by atoms with E-state index in [9.17, 15) is 5.11 Å². The number of aromatic hydroxyl groups is 1. The smallest absolute Gasteiger partial charge is 0.230 e. The summed E-state index contributed by atoms with van der Waals surface area (Å²) in [6, 6.07) is 11.4. The average Bonchev–Trinajstić information content (AvgIpc) is 3.44. The van der Waals surface area contributed by atoms with Crippen molar-refractivity contribution in [2.75, 3.05) is 13.1 Å². The molecule has 3 aromatic heterocycles. The highest BCUT2D eigenvalue weighted by molar-refractivity contribution is 7.17. The zero-order chi connectivity index (χ0) is 18.4. The van der Waals surface area contributed by atoms with E-state index in [4.69, 9.17) is 16.0 Å². The summed E-state index contributed by atoms with van der Waals surface area (Å²) in [5, 5.41) is 16.1. The van der Waals surface area contributed by atoms with Gasteiger partial charge in [0.05, 0.1) is 17.2 Å². The van der Waals surface area contributed by atoms with Gasteiger partial charge >= 0.3 is 0 Å². The van der Waals surface area contributed by atoms with E-state index in [-0.39, 0.29) is 11.9 Å². The largest absolute Gasteiger partial charge is 0.492 e. The molecule has 0 saturated carbocycles. The number of fused-ring (bicyclic) bond motifs is 1. The second-order valence-electron chi connectivity index (χ2n) is 6.59. The molecule has 1 saturated heterocycles. The molecule has 27 heavy (non-hydrogen) atoms. The Bertz CT molecular complexity index is 1070. The number of furan rings is 1. The predicted molar refractivity (Wildman–Crippen MR) is 104 cm³/mol. The number of hydrogen-bond acceptors (Lipinski definition) is 6. The molecule has 1 aliphatic rings. The standard InChI is InChI=1S/C19H17ClN4O2S/c20-13-7-5-12(6-8-13)15(23-9-1-2-10-23)16-18(25)24-19(27-16)21-17(22-24)14-4-3-11-26-14/h3-8,11,15,25H,1-2,9-10H2/t15-/m0/s1. The molecule has 0 aliphatic carbocycles. The summed E-state index contributed by atoms with van der Waals surface area (Å²) in [4.78, 5) is 8.41. The molecule has 1 aromatic carbocycles. The van der Waals surface area contributed by atoms with Crippen molar-refractivity contribution in [3.05, 3.63) is 58.1 Å². The SMILES string of the molecule is Oc1c([C@H](c2ccc(Cl)cc2)N2CCCC2)sc2nc(-c3ccco3)nn12. The summed E-state index contributed by atoms with van der Waals surface area (Å²) in [6.45, 7) is 2.00. The van der Waals surface area contributed by atoms with Gasteiger partial charge in [0.15, 0.2) is 5.76 Å². The summed E-state index contributed by atoms with van der Waals surface area (Å²) in [6.07, 6.45) is 3.90. The summed E-state index contributed by atoms with van der Waals surface area (Å²) in [7, 11) is 0. The van der Waals surface area contributed by atoms with Crippen molar-refractivity contribution < 1.29 is 9.52 Å². The summed E-state index contributed by atoms with van der Waals surface area (Å²) in [5.74, 6) is 1.19. The Labute approximate surface area is 164 Å². The average molecular weight is 401 g/mol. The quantitative estimate of drug-likeness (QED) is 0.542. The molecule has 4 aromatic rings. The van der Waals surface area contributed by atoms with E-state index in [1.807, 2.05) is 24.3 Å². The third kappa shape index (κ3) is 2.92. The number of halogens is 1. The van der Waals surface area contributed by atoms with Crippen LogP contribution in [0.2, 0.25) is 5.02 Å². The van der Waals surface area contributed by atoms with Crippen LogP contribution in [0.4, 0.5) is 0 Å². The molecule has 1 N–H and O–H groups in total. The molecule has 138 valence electrons. The van der Waals surface area contributed by atoms with Crippen LogP contribution in [-0.2, 0) is 0 Å². The molecule has 0 bridgehead atoms. The first kappa shape index (κ1) is 16.8. The molecule has 0 spiro atoms. The Morgan fingerprint density at radius 2 is 1.93 bits per heavy atom. The van der Waals surface area contributed by atoms with Crippen LogP contribution in [0, 0.1) is 0 Å². The normalized spacial score (nSPS) is 16.3. The van der Waals surface area contributed by atoms with Crippen molar-refractivity contribution >= 4 is 27.9 Å². The van der Waals surface area contributed by atoms with Crippen molar-refractivity contribution in [3.8, 4) is 17.5 Å². The van der Waals surface area contributed by atoms with Crippen molar-refractivity contribution in [2.24, 2.45) is 0 Å². The molecule has 8 heteroatoms. The zero-order valence-corrected chi connectivity index (χ0v) is 16.0. The van der Waals surface area contributed by atoms with Crippen molar-refractivity contribution in [1.82, 2.24) is 19.5 Å². The highest BCUT2D eigenvalue weighted by Gasteiger charge is 2.31. The van der Waals surface area contributed by atoms with E-state index in [1.165, 1.54) is 15.9 Å². The number of aromatic nitrogens is 3. The molecule has 6 nitrogen and oxygen atoms in total. The van der Waals surface area contributed by atoms with E-state index < -0.39 is 0 Å². The van der Waals surface area contributed by atoms with Gasteiger partial charge in [-0.05, 0) is 55.8 Å². The Hall–Kier alpha value is -2.35. The third-order valence-electron chi connectivity index (χ3n) is 4.88. The number of thiazole rings is 1. The van der Waals surface area contributed by atoms with Crippen LogP contribution in [-0.4, -0.2) is 37.7 Å². The second kappa shape index (κ2) is 6.67. The fourth-order valence-electron chi connectivity index (χ4n) is 3.61. The van der Waals surface area contributed by atoms with Crippen LogP contribution in [0.1, 0.15) is 29.3 Å². The highest BCUT2D eigenvalue weighted by Crippen LogP contribution is 2.41. The van der Waals surface area contributed by atoms with Gasteiger partial charge in [-0.2, -0.15) is 9.50 Å². The lowest BCUT2D eigenvalue weighted by molar-refractivity contribution is 0.277. The van der Waals surface area contributed by atoms with Gasteiger partial charge in [-0.25, -0.2) is 0 Å². The van der Waals surface area contributed by atoms with Crippen LogP contribution < -0.4 is 0 Å². The lowest BCUT2D eigenvalue weighted by Crippen LogP contribution is -2.26. The Kier molecular flexibility index (Phi) is 4.15. The first-order valence-corrected chi connectivity index (χ1v) is 10.0. The number of benzene rings is 1. The molecule has 0 amide bonds. The van der Waals surface area contributed by atoms with Gasteiger partial charge < -0.3 is 9.52 Å². The molecule has 4 heterocycles. The minimum atomic E-state index is -0.0367. The fourth-order valence-corrected chi connectivity index (χ4v) is 4.85. The number of hydrogen-bond donors (Lipinski definition) is 1. The number of rotatable bonds is 4. The maximum absolute atomic E-state index is 10.9. The molecule has 1 atom stereocenters. The maximum atomic E-state index is 10.9. The van der Waals surface area contributed by atoms with Crippen LogP contribution in [0.25, 0.3) is 16.5 Å². The highest BCUT2D eigenvalue weighted by atomic mass is 35.5. The van der Waals surface area contributed by atoms with Crippen LogP contribution in [0.5, 0.6) is 5.88 Å². The second-order valence-corrected chi connectivity index (χ2v) is 8.04. The minimum Gasteiger partial charge on any atom is -0.492 e. The number of nitrogens with zero attached hydrogens (tertiary/aromatic N) is 4. The Balaban J connectivity index is 1.60. The first-order chi connectivity index (χ1) is 13.2. The summed E-state index contributed by atoms with van der Waals surface area (Å²) in [5.41, 5.74) is 1.10. The van der Waals surface area contributed by atoms with Crippen LogP contribution in [0.15, 0.2) is 47.1 Å². The molecule has 0 unspecified atom stereocenters. The van der Waals surface area contributed by atoms with Crippen LogP contribution in [0.3, 0.4) is 0 Å². The molecule has 1 aliphatic heterocycles. The zero-order valence-electron chi connectivity index (χ0n) is 14.4. The molecular formula is C19H17ClN4O2S. The van der Waals surface area contributed by atoms with Crippen molar-refractivity contribution in [3.63, 3.8) is 0 Å². The first-order valence-electron chi connectivity index (χ1n) is 8.82. The Morgan fingerprint density at radius 1 is 1.15 bits per heavy atom. The molecular weight excluding hydrogens is 384 g/mol. The third-order valence-corrected chi connectivity index (χ3v) is 6.21. The summed E-state index contributed by atoms with van der Waals surface area (Å²) >= 11 is 7.53. The Morgan fingerprint density at radius 3 is 2.59 bits per heavy atom. The fraction of sp³-hybridized carbons (Fsp3) is 0.263. The topological polar surface area (TPSA) is 66.8 Å². The molecule has 5 rings (SSSR count). The molecule has 0 radical (unpaired) electrons. The molecule has 1 fully saturated rings. The van der Waals surface area contributed by atoms with E-state index in [1.54, 1.807) is 18.4 Å². The lowest BCUT2D eigenvalue weighted by Gasteiger charge is -2.27. The number of likely N-dealkylation sites (tertiary alicyclic amines) is 1. The predicted octanol–water partition coefficient (Wildman–Crippen LogP) is 4.60. The van der Waals surface area contributed by atoms with E-state index >= 15 is 0 Å².